The minimum Gasteiger partial charge on any atom is -0.481 e. The molecule has 2 bridgehead atoms. The topological polar surface area (TPSA) is 60.9 Å². The molecule has 5 nitrogen and oxygen atoms in total. The van der Waals surface area contributed by atoms with Crippen LogP contribution in [0.5, 0.6) is 0 Å². The molecule has 1 N–H and O–H groups in total. The van der Waals surface area contributed by atoms with Crippen LogP contribution in [0.25, 0.3) is 0 Å². The molecule has 1 aromatic rings. The number of rotatable bonds is 4. The van der Waals surface area contributed by atoms with Crippen LogP contribution >= 0.6 is 0 Å². The van der Waals surface area contributed by atoms with Gasteiger partial charge in [0.05, 0.1) is 11.8 Å². The van der Waals surface area contributed by atoms with Crippen molar-refractivity contribution in [3.8, 4) is 0 Å². The van der Waals surface area contributed by atoms with Crippen LogP contribution in [0.15, 0.2) is 24.3 Å². The third kappa shape index (κ3) is 3.22. The quantitative estimate of drug-likeness (QED) is 0.894. The molecule has 2 aliphatic carbocycles. The molecule has 3 fully saturated rings. The fourth-order valence-electron chi connectivity index (χ4n) is 5.19. The summed E-state index contributed by atoms with van der Waals surface area (Å²) in [5.41, 5.74) is 1.06. The Kier molecular flexibility index (Phi) is 4.69. The van der Waals surface area contributed by atoms with E-state index in [4.69, 9.17) is 0 Å². The standard InChI is InChI=1S/C20H25FN2O3/c21-16-5-1-13(2-6-16)12-22-7-9-23(10-8-22)19(24)17-14-3-4-15(11-14)18(17)20(25)26/h1-2,5-6,14-15,17-18H,3-4,7-12H2,(H,25,26)/t14-,15-,17+,18+/m0/s1. The molecular weight excluding hydrogens is 335 g/mol. The molecule has 1 saturated heterocycles. The van der Waals surface area contributed by atoms with Crippen LogP contribution in [0.3, 0.4) is 0 Å². The average molecular weight is 360 g/mol. The summed E-state index contributed by atoms with van der Waals surface area (Å²) in [5.74, 6) is -1.36. The summed E-state index contributed by atoms with van der Waals surface area (Å²) in [6, 6.07) is 6.52. The molecule has 3 aliphatic rings. The van der Waals surface area contributed by atoms with E-state index in [-0.39, 0.29) is 29.5 Å². The molecule has 0 spiro atoms. The molecule has 0 unspecified atom stereocenters. The van der Waals surface area contributed by atoms with Gasteiger partial charge < -0.3 is 10.0 Å². The molecule has 1 aromatic carbocycles. The summed E-state index contributed by atoms with van der Waals surface area (Å²) in [6.45, 7) is 3.55. The van der Waals surface area contributed by atoms with Crippen molar-refractivity contribution in [2.24, 2.45) is 23.7 Å². The van der Waals surface area contributed by atoms with Gasteiger partial charge in [-0.1, -0.05) is 12.1 Å². The Balaban J connectivity index is 1.35. The van der Waals surface area contributed by atoms with Crippen molar-refractivity contribution >= 4 is 11.9 Å². The van der Waals surface area contributed by atoms with E-state index in [2.05, 4.69) is 4.90 Å². The zero-order valence-corrected chi connectivity index (χ0v) is 14.8. The highest BCUT2D eigenvalue weighted by atomic mass is 19.1. The minimum absolute atomic E-state index is 0.0473. The second-order valence-electron chi connectivity index (χ2n) is 7.95. The Morgan fingerprint density at radius 1 is 1.00 bits per heavy atom. The van der Waals surface area contributed by atoms with Crippen LogP contribution in [-0.2, 0) is 16.1 Å². The number of nitrogens with zero attached hydrogens (tertiary/aromatic N) is 2. The molecule has 1 heterocycles. The summed E-state index contributed by atoms with van der Waals surface area (Å²) in [4.78, 5) is 28.8. The van der Waals surface area contributed by atoms with E-state index >= 15 is 0 Å². The molecule has 1 amide bonds. The Hall–Kier alpha value is -1.95. The smallest absolute Gasteiger partial charge is 0.307 e. The number of amides is 1. The van der Waals surface area contributed by atoms with Gasteiger partial charge in [0.1, 0.15) is 5.82 Å². The Labute approximate surface area is 152 Å². The minimum atomic E-state index is -0.800. The van der Waals surface area contributed by atoms with Crippen molar-refractivity contribution in [3.63, 3.8) is 0 Å². The molecule has 140 valence electrons. The first-order chi connectivity index (χ1) is 12.5. The molecule has 26 heavy (non-hydrogen) atoms. The number of benzene rings is 1. The third-order valence-electron chi connectivity index (χ3n) is 6.49. The van der Waals surface area contributed by atoms with Gasteiger partial charge in [-0.25, -0.2) is 4.39 Å². The van der Waals surface area contributed by atoms with Crippen molar-refractivity contribution in [1.82, 2.24) is 9.80 Å². The average Bonchev–Trinajstić information content (AvgIpc) is 3.25. The largest absolute Gasteiger partial charge is 0.481 e. The number of carboxylic acids is 1. The van der Waals surface area contributed by atoms with Gasteiger partial charge in [-0.05, 0) is 48.8 Å². The van der Waals surface area contributed by atoms with Gasteiger partial charge in [0.25, 0.3) is 0 Å². The zero-order chi connectivity index (χ0) is 18.3. The van der Waals surface area contributed by atoms with Gasteiger partial charge in [0.15, 0.2) is 0 Å². The number of piperazine rings is 1. The van der Waals surface area contributed by atoms with Gasteiger partial charge in [-0.15, -0.1) is 0 Å². The molecular formula is C20H25FN2O3. The number of aliphatic carboxylic acids is 1. The first-order valence-electron chi connectivity index (χ1n) is 9.51. The highest BCUT2D eigenvalue weighted by Gasteiger charge is 2.54. The van der Waals surface area contributed by atoms with E-state index < -0.39 is 11.9 Å². The lowest BCUT2D eigenvalue weighted by Crippen LogP contribution is -2.52. The van der Waals surface area contributed by atoms with Crippen molar-refractivity contribution in [3.05, 3.63) is 35.6 Å². The van der Waals surface area contributed by atoms with Gasteiger partial charge in [-0.2, -0.15) is 0 Å². The first-order valence-corrected chi connectivity index (χ1v) is 9.51. The third-order valence-corrected chi connectivity index (χ3v) is 6.49. The number of hydrogen-bond acceptors (Lipinski definition) is 3. The number of hydrogen-bond donors (Lipinski definition) is 1. The van der Waals surface area contributed by atoms with E-state index in [0.29, 0.717) is 13.1 Å². The highest BCUT2D eigenvalue weighted by Crippen LogP contribution is 2.53. The Bertz CT molecular complexity index is 685. The molecule has 6 heteroatoms. The second-order valence-corrected chi connectivity index (χ2v) is 7.95. The zero-order valence-electron chi connectivity index (χ0n) is 14.8. The SMILES string of the molecule is O=C(O)[C@@H]1[C@H]2CC[C@@H](C2)[C@H]1C(=O)N1CCN(Cc2ccc(F)cc2)CC1. The van der Waals surface area contributed by atoms with Crippen LogP contribution in [-0.4, -0.2) is 53.0 Å². The maximum Gasteiger partial charge on any atom is 0.307 e. The van der Waals surface area contributed by atoms with Crippen LogP contribution in [0, 0.1) is 29.5 Å². The van der Waals surface area contributed by atoms with Gasteiger partial charge in [0.2, 0.25) is 5.91 Å². The lowest BCUT2D eigenvalue weighted by molar-refractivity contribution is -0.153. The molecule has 0 aromatic heterocycles. The summed E-state index contributed by atoms with van der Waals surface area (Å²) < 4.78 is 13.0. The summed E-state index contributed by atoms with van der Waals surface area (Å²) in [6.07, 6.45) is 2.85. The van der Waals surface area contributed by atoms with Gasteiger partial charge in [-0.3, -0.25) is 14.5 Å². The summed E-state index contributed by atoms with van der Waals surface area (Å²) in [5, 5.41) is 9.57. The van der Waals surface area contributed by atoms with Crippen LogP contribution in [0.1, 0.15) is 24.8 Å². The normalized spacial score (nSPS) is 31.3. The predicted octanol–water partition coefficient (Wildman–Crippen LogP) is 2.22. The van der Waals surface area contributed by atoms with E-state index in [0.717, 1.165) is 44.5 Å². The second kappa shape index (κ2) is 6.99. The highest BCUT2D eigenvalue weighted by molar-refractivity contribution is 5.86. The van der Waals surface area contributed by atoms with E-state index in [1.807, 2.05) is 4.90 Å². The van der Waals surface area contributed by atoms with E-state index in [1.54, 1.807) is 12.1 Å². The number of carbonyl (C=O) groups excluding carboxylic acids is 1. The van der Waals surface area contributed by atoms with Crippen molar-refractivity contribution < 1.29 is 19.1 Å². The molecule has 1 aliphatic heterocycles. The first kappa shape index (κ1) is 17.5. The van der Waals surface area contributed by atoms with E-state index in [9.17, 15) is 19.1 Å². The Morgan fingerprint density at radius 3 is 2.23 bits per heavy atom. The molecule has 4 atom stereocenters. The fraction of sp³-hybridized carbons (Fsp3) is 0.600. The van der Waals surface area contributed by atoms with Crippen LogP contribution in [0.2, 0.25) is 0 Å². The molecule has 2 saturated carbocycles. The molecule has 0 radical (unpaired) electrons. The Morgan fingerprint density at radius 2 is 1.62 bits per heavy atom. The summed E-state index contributed by atoms with van der Waals surface area (Å²) in [7, 11) is 0. The lowest BCUT2D eigenvalue weighted by Gasteiger charge is -2.38. The number of fused-ring (bicyclic) bond motifs is 2. The molecule has 4 rings (SSSR count). The maximum absolute atomic E-state index is 13.0. The summed E-state index contributed by atoms with van der Waals surface area (Å²) >= 11 is 0. The maximum atomic E-state index is 13.0. The fourth-order valence-corrected chi connectivity index (χ4v) is 5.19. The predicted molar refractivity (Wildman–Crippen MR) is 93.7 cm³/mol. The number of carbonyl (C=O) groups is 2. The van der Waals surface area contributed by atoms with E-state index in [1.165, 1.54) is 12.1 Å². The van der Waals surface area contributed by atoms with Crippen molar-refractivity contribution in [2.45, 2.75) is 25.8 Å². The van der Waals surface area contributed by atoms with Crippen LogP contribution in [0.4, 0.5) is 4.39 Å². The van der Waals surface area contributed by atoms with Crippen LogP contribution < -0.4 is 0 Å². The van der Waals surface area contributed by atoms with Crippen molar-refractivity contribution in [2.75, 3.05) is 26.2 Å². The lowest BCUT2D eigenvalue weighted by atomic mass is 9.78. The van der Waals surface area contributed by atoms with Gasteiger partial charge >= 0.3 is 5.97 Å². The number of carboxylic acid groups (broad SMARTS) is 1. The van der Waals surface area contributed by atoms with Crippen molar-refractivity contribution in [1.29, 1.82) is 0 Å². The number of halogens is 1. The van der Waals surface area contributed by atoms with Gasteiger partial charge in [0, 0.05) is 32.7 Å². The monoisotopic (exact) mass is 360 g/mol.